The molecule has 0 radical (unpaired) electrons. The third kappa shape index (κ3) is 3.32. The lowest BCUT2D eigenvalue weighted by molar-refractivity contribution is -0.142. The molecule has 4 nitrogen and oxygen atoms in total. The molecule has 0 aromatic heterocycles. The molecule has 6 heteroatoms. The number of nitrogens with zero attached hydrogens (tertiary/aromatic N) is 1. The zero-order valence-corrected chi connectivity index (χ0v) is 12.0. The molecule has 0 spiro atoms. The van der Waals surface area contributed by atoms with Gasteiger partial charge in [-0.25, -0.2) is 4.39 Å². The van der Waals surface area contributed by atoms with E-state index in [0.717, 1.165) is 16.6 Å². The van der Waals surface area contributed by atoms with Gasteiger partial charge in [0, 0.05) is 17.6 Å². The zero-order chi connectivity index (χ0) is 14.0. The number of carbonyl (C=O) groups excluding carboxylic acids is 1. The summed E-state index contributed by atoms with van der Waals surface area (Å²) >= 11 is 3.37. The van der Waals surface area contributed by atoms with Crippen LogP contribution in [-0.4, -0.2) is 34.6 Å². The Balaban J connectivity index is 2.11. The molecule has 1 aliphatic rings. The molecule has 0 bridgehead atoms. The minimum Gasteiger partial charge on any atom is -0.379 e. The average Bonchev–Trinajstić information content (AvgIpc) is 2.34. The van der Waals surface area contributed by atoms with E-state index in [9.17, 15) is 14.3 Å². The lowest BCUT2D eigenvalue weighted by Crippen LogP contribution is -2.55. The van der Waals surface area contributed by atoms with E-state index in [-0.39, 0.29) is 12.4 Å². The molecule has 1 aromatic carbocycles. The van der Waals surface area contributed by atoms with Crippen LogP contribution in [0.4, 0.5) is 4.39 Å². The fraction of sp³-hybridized carbons (Fsp3) is 0.462. The zero-order valence-electron chi connectivity index (χ0n) is 10.4. The summed E-state index contributed by atoms with van der Waals surface area (Å²) < 4.78 is 14.0. The topological polar surface area (TPSA) is 66.6 Å². The molecule has 104 valence electrons. The number of primary amides is 1. The van der Waals surface area contributed by atoms with Crippen LogP contribution in [-0.2, 0) is 11.3 Å². The third-order valence-corrected chi connectivity index (χ3v) is 4.18. The van der Waals surface area contributed by atoms with Crippen LogP contribution in [0.3, 0.4) is 0 Å². The first kappa shape index (κ1) is 14.4. The molecular weight excluding hydrogens is 315 g/mol. The van der Waals surface area contributed by atoms with Crippen LogP contribution in [0.25, 0.3) is 0 Å². The Morgan fingerprint density at radius 1 is 1.58 bits per heavy atom. The lowest BCUT2D eigenvalue weighted by Gasteiger charge is -2.37. The van der Waals surface area contributed by atoms with Gasteiger partial charge >= 0.3 is 0 Å². The van der Waals surface area contributed by atoms with Gasteiger partial charge in [0.25, 0.3) is 5.91 Å². The normalized spacial score (nSPS) is 24.4. The van der Waals surface area contributed by atoms with Gasteiger partial charge in [-0.3, -0.25) is 9.69 Å². The maximum absolute atomic E-state index is 13.2. The maximum Gasteiger partial charge on any atom is 0.250 e. The van der Waals surface area contributed by atoms with Crippen molar-refractivity contribution in [2.24, 2.45) is 5.73 Å². The van der Waals surface area contributed by atoms with E-state index in [1.54, 1.807) is 6.07 Å². The molecule has 1 heterocycles. The molecular formula is C13H16BrFN2O2. The second-order valence-corrected chi connectivity index (χ2v) is 5.80. The van der Waals surface area contributed by atoms with Crippen LogP contribution in [0.15, 0.2) is 22.7 Å². The van der Waals surface area contributed by atoms with Crippen molar-refractivity contribution in [2.75, 3.05) is 13.1 Å². The summed E-state index contributed by atoms with van der Waals surface area (Å²) in [6.07, 6.45) is 1.07. The smallest absolute Gasteiger partial charge is 0.250 e. The SMILES string of the molecule is NC(=O)[C@]1(O)CCCN(Cc2cc(F)ccc2Br)C1. The van der Waals surface area contributed by atoms with Crippen LogP contribution in [0, 0.1) is 5.82 Å². The summed E-state index contributed by atoms with van der Waals surface area (Å²) in [6, 6.07) is 4.47. The quantitative estimate of drug-likeness (QED) is 0.880. The number of aliphatic hydroxyl groups is 1. The van der Waals surface area contributed by atoms with Crippen molar-refractivity contribution in [2.45, 2.75) is 25.0 Å². The number of nitrogens with two attached hydrogens (primary N) is 1. The second kappa shape index (κ2) is 5.56. The van der Waals surface area contributed by atoms with E-state index >= 15 is 0 Å². The van der Waals surface area contributed by atoms with Crippen molar-refractivity contribution >= 4 is 21.8 Å². The van der Waals surface area contributed by atoms with Gasteiger partial charge in [-0.1, -0.05) is 15.9 Å². The van der Waals surface area contributed by atoms with E-state index in [4.69, 9.17) is 5.73 Å². The number of β-amino-alcohol motifs (C(OH)–C–C–N with tert-alkyl or cyclic N) is 1. The van der Waals surface area contributed by atoms with Gasteiger partial charge in [0.2, 0.25) is 0 Å². The highest BCUT2D eigenvalue weighted by Gasteiger charge is 2.38. The Hall–Kier alpha value is -0.980. The van der Waals surface area contributed by atoms with Gasteiger partial charge in [-0.2, -0.15) is 0 Å². The molecule has 0 unspecified atom stereocenters. The second-order valence-electron chi connectivity index (χ2n) is 4.95. The van der Waals surface area contributed by atoms with Crippen LogP contribution in [0.1, 0.15) is 18.4 Å². The van der Waals surface area contributed by atoms with E-state index < -0.39 is 11.5 Å². The van der Waals surface area contributed by atoms with E-state index in [0.29, 0.717) is 19.4 Å². The summed E-state index contributed by atoms with van der Waals surface area (Å²) in [6.45, 7) is 1.40. The van der Waals surface area contributed by atoms with Crippen LogP contribution in [0.2, 0.25) is 0 Å². The van der Waals surface area contributed by atoms with Gasteiger partial charge in [-0.05, 0) is 43.1 Å². The number of hydrogen-bond donors (Lipinski definition) is 2. The number of carbonyl (C=O) groups is 1. The number of likely N-dealkylation sites (tertiary alicyclic amines) is 1. The first-order valence-corrected chi connectivity index (χ1v) is 6.88. The Labute approximate surface area is 119 Å². The van der Waals surface area contributed by atoms with E-state index in [1.165, 1.54) is 12.1 Å². The highest BCUT2D eigenvalue weighted by Crippen LogP contribution is 2.25. The molecule has 3 N–H and O–H groups in total. The summed E-state index contributed by atoms with van der Waals surface area (Å²) in [7, 11) is 0. The standard InChI is InChI=1S/C13H16BrFN2O2/c14-11-3-2-10(15)6-9(11)7-17-5-1-4-13(19,8-17)12(16)18/h2-3,6,19H,1,4-5,7-8H2,(H2,16,18)/t13-/m0/s1. The lowest BCUT2D eigenvalue weighted by atomic mass is 9.92. The largest absolute Gasteiger partial charge is 0.379 e. The van der Waals surface area contributed by atoms with Gasteiger partial charge < -0.3 is 10.8 Å². The number of halogens is 2. The highest BCUT2D eigenvalue weighted by atomic mass is 79.9. The molecule has 0 saturated carbocycles. The molecule has 19 heavy (non-hydrogen) atoms. The van der Waals surface area contributed by atoms with Gasteiger partial charge in [0.05, 0.1) is 0 Å². The summed E-state index contributed by atoms with van der Waals surface area (Å²) in [4.78, 5) is 13.2. The van der Waals surface area contributed by atoms with Gasteiger partial charge in [-0.15, -0.1) is 0 Å². The Kier molecular flexibility index (Phi) is 4.23. The summed E-state index contributed by atoms with van der Waals surface area (Å²) in [5.41, 5.74) is 4.54. The molecule has 2 rings (SSSR count). The van der Waals surface area contributed by atoms with Gasteiger partial charge in [0.1, 0.15) is 5.82 Å². The minimum atomic E-state index is -1.47. The summed E-state index contributed by atoms with van der Waals surface area (Å²) in [5, 5.41) is 10.1. The first-order chi connectivity index (χ1) is 8.90. The molecule has 1 aromatic rings. The van der Waals surface area contributed by atoms with Crippen molar-refractivity contribution in [3.63, 3.8) is 0 Å². The third-order valence-electron chi connectivity index (χ3n) is 3.41. The number of hydrogen-bond acceptors (Lipinski definition) is 3. The monoisotopic (exact) mass is 330 g/mol. The van der Waals surface area contributed by atoms with Crippen molar-refractivity contribution < 1.29 is 14.3 Å². The Morgan fingerprint density at radius 3 is 3.00 bits per heavy atom. The van der Waals surface area contributed by atoms with Crippen molar-refractivity contribution in [1.29, 1.82) is 0 Å². The van der Waals surface area contributed by atoms with E-state index in [1.807, 2.05) is 4.90 Å². The minimum absolute atomic E-state index is 0.186. The number of benzene rings is 1. The molecule has 1 aliphatic heterocycles. The molecule has 1 atom stereocenters. The molecule has 1 amide bonds. The molecule has 1 fully saturated rings. The van der Waals surface area contributed by atoms with Crippen LogP contribution >= 0.6 is 15.9 Å². The van der Waals surface area contributed by atoms with Crippen LogP contribution < -0.4 is 5.73 Å². The predicted molar refractivity (Wildman–Crippen MR) is 72.8 cm³/mol. The average molecular weight is 331 g/mol. The Morgan fingerprint density at radius 2 is 2.32 bits per heavy atom. The summed E-state index contributed by atoms with van der Waals surface area (Å²) in [5.74, 6) is -1.00. The van der Waals surface area contributed by atoms with Crippen molar-refractivity contribution in [3.05, 3.63) is 34.1 Å². The first-order valence-electron chi connectivity index (χ1n) is 6.09. The number of rotatable bonds is 3. The van der Waals surface area contributed by atoms with Gasteiger partial charge in [0.15, 0.2) is 5.60 Å². The van der Waals surface area contributed by atoms with Crippen molar-refractivity contribution in [1.82, 2.24) is 4.90 Å². The van der Waals surface area contributed by atoms with Crippen LogP contribution in [0.5, 0.6) is 0 Å². The van der Waals surface area contributed by atoms with Crippen molar-refractivity contribution in [3.8, 4) is 0 Å². The van der Waals surface area contributed by atoms with E-state index in [2.05, 4.69) is 15.9 Å². The Bertz CT molecular complexity index is 498. The number of piperidine rings is 1. The predicted octanol–water partition coefficient (Wildman–Crippen LogP) is 1.40. The fourth-order valence-corrected chi connectivity index (χ4v) is 2.74. The highest BCUT2D eigenvalue weighted by molar-refractivity contribution is 9.10. The molecule has 1 saturated heterocycles. The fourth-order valence-electron chi connectivity index (χ4n) is 2.36. The molecule has 0 aliphatic carbocycles. The number of amides is 1. The maximum atomic E-state index is 13.2.